The molecule has 92 valence electrons. The monoisotopic (exact) mass is 228 g/mol. The molecule has 0 saturated heterocycles. The highest BCUT2D eigenvalue weighted by Gasteiger charge is 2.11. The van der Waals surface area contributed by atoms with E-state index in [0.29, 0.717) is 0 Å². The molecule has 4 nitrogen and oxygen atoms in total. The molecule has 0 saturated carbocycles. The SMILES string of the molecule is CCCCC(CCC)OC(=O)/C=C/C(=O)O. The van der Waals surface area contributed by atoms with Gasteiger partial charge in [-0.3, -0.25) is 0 Å². The number of carboxylic acids is 1. The average Bonchev–Trinajstić information content (AvgIpc) is 2.23. The van der Waals surface area contributed by atoms with Crippen molar-refractivity contribution in [1.82, 2.24) is 0 Å². The molecule has 1 unspecified atom stereocenters. The average molecular weight is 228 g/mol. The Hall–Kier alpha value is -1.32. The van der Waals surface area contributed by atoms with Gasteiger partial charge in [-0.15, -0.1) is 0 Å². The molecule has 0 amide bonds. The van der Waals surface area contributed by atoms with Crippen molar-refractivity contribution < 1.29 is 19.4 Å². The minimum absolute atomic E-state index is 0.0871. The van der Waals surface area contributed by atoms with Gasteiger partial charge in [-0.05, 0) is 12.8 Å². The molecule has 0 aromatic rings. The summed E-state index contributed by atoms with van der Waals surface area (Å²) in [7, 11) is 0. The molecule has 0 aliphatic heterocycles. The van der Waals surface area contributed by atoms with E-state index < -0.39 is 11.9 Å². The summed E-state index contributed by atoms with van der Waals surface area (Å²) in [5.74, 6) is -1.71. The van der Waals surface area contributed by atoms with Crippen LogP contribution in [0.3, 0.4) is 0 Å². The van der Waals surface area contributed by atoms with Crippen LogP contribution in [0.25, 0.3) is 0 Å². The lowest BCUT2D eigenvalue weighted by molar-refractivity contribution is -0.144. The van der Waals surface area contributed by atoms with Crippen molar-refractivity contribution in [3.05, 3.63) is 12.2 Å². The molecule has 0 radical (unpaired) electrons. The highest BCUT2D eigenvalue weighted by Crippen LogP contribution is 2.11. The van der Waals surface area contributed by atoms with Crippen LogP contribution in [0, 0.1) is 0 Å². The molecular weight excluding hydrogens is 208 g/mol. The second kappa shape index (κ2) is 8.95. The number of carboxylic acid groups (broad SMARTS) is 1. The van der Waals surface area contributed by atoms with E-state index in [1.807, 2.05) is 6.92 Å². The number of ether oxygens (including phenoxy) is 1. The van der Waals surface area contributed by atoms with Crippen molar-refractivity contribution in [2.24, 2.45) is 0 Å². The zero-order valence-corrected chi connectivity index (χ0v) is 9.94. The lowest BCUT2D eigenvalue weighted by Crippen LogP contribution is -2.16. The maximum absolute atomic E-state index is 11.2. The van der Waals surface area contributed by atoms with Crippen molar-refractivity contribution >= 4 is 11.9 Å². The van der Waals surface area contributed by atoms with Gasteiger partial charge in [0, 0.05) is 12.2 Å². The number of esters is 1. The van der Waals surface area contributed by atoms with Gasteiger partial charge in [0.25, 0.3) is 0 Å². The van der Waals surface area contributed by atoms with Gasteiger partial charge in [0.05, 0.1) is 0 Å². The fourth-order valence-corrected chi connectivity index (χ4v) is 1.36. The summed E-state index contributed by atoms with van der Waals surface area (Å²) in [6, 6.07) is 0. The van der Waals surface area contributed by atoms with Crippen LogP contribution in [-0.4, -0.2) is 23.1 Å². The van der Waals surface area contributed by atoms with Crippen LogP contribution < -0.4 is 0 Å². The Balaban J connectivity index is 4.06. The normalized spacial score (nSPS) is 12.6. The fourth-order valence-electron chi connectivity index (χ4n) is 1.36. The number of unbranched alkanes of at least 4 members (excludes halogenated alkanes) is 1. The second-order valence-corrected chi connectivity index (χ2v) is 3.66. The Labute approximate surface area is 96.3 Å². The Bertz CT molecular complexity index is 245. The van der Waals surface area contributed by atoms with Crippen LogP contribution in [0.1, 0.15) is 46.0 Å². The number of hydrogen-bond acceptors (Lipinski definition) is 3. The van der Waals surface area contributed by atoms with E-state index in [2.05, 4.69) is 6.92 Å². The van der Waals surface area contributed by atoms with E-state index >= 15 is 0 Å². The number of carbonyl (C=O) groups excluding carboxylic acids is 1. The van der Waals surface area contributed by atoms with Gasteiger partial charge in [0.15, 0.2) is 0 Å². The molecule has 0 fully saturated rings. The Kier molecular flexibility index (Phi) is 8.21. The summed E-state index contributed by atoms with van der Waals surface area (Å²) in [5, 5.41) is 8.35. The molecule has 16 heavy (non-hydrogen) atoms. The van der Waals surface area contributed by atoms with Gasteiger partial charge in [0.1, 0.15) is 6.10 Å². The van der Waals surface area contributed by atoms with E-state index in [4.69, 9.17) is 9.84 Å². The van der Waals surface area contributed by atoms with Crippen LogP contribution in [0.4, 0.5) is 0 Å². The van der Waals surface area contributed by atoms with Crippen molar-refractivity contribution in [2.75, 3.05) is 0 Å². The molecule has 0 rings (SSSR count). The van der Waals surface area contributed by atoms with Crippen molar-refractivity contribution in [1.29, 1.82) is 0 Å². The smallest absolute Gasteiger partial charge is 0.331 e. The zero-order valence-electron chi connectivity index (χ0n) is 9.94. The molecule has 0 aromatic carbocycles. The highest BCUT2D eigenvalue weighted by molar-refractivity contribution is 5.90. The molecule has 1 N–H and O–H groups in total. The third-order valence-electron chi connectivity index (χ3n) is 2.14. The van der Waals surface area contributed by atoms with Crippen LogP contribution in [0.15, 0.2) is 12.2 Å². The van der Waals surface area contributed by atoms with E-state index in [0.717, 1.165) is 44.3 Å². The predicted octanol–water partition coefficient (Wildman–Crippen LogP) is 2.53. The molecule has 0 heterocycles. The number of carbonyl (C=O) groups is 2. The van der Waals surface area contributed by atoms with E-state index in [9.17, 15) is 9.59 Å². The first-order valence-corrected chi connectivity index (χ1v) is 5.71. The Morgan fingerprint density at radius 1 is 1.19 bits per heavy atom. The summed E-state index contributed by atoms with van der Waals surface area (Å²) in [4.78, 5) is 21.4. The highest BCUT2D eigenvalue weighted by atomic mass is 16.5. The minimum atomic E-state index is -1.14. The topological polar surface area (TPSA) is 63.6 Å². The maximum atomic E-state index is 11.2. The molecular formula is C12H20O4. The lowest BCUT2D eigenvalue weighted by Gasteiger charge is -2.15. The maximum Gasteiger partial charge on any atom is 0.331 e. The van der Waals surface area contributed by atoms with Gasteiger partial charge in [-0.1, -0.05) is 33.1 Å². The lowest BCUT2D eigenvalue weighted by atomic mass is 10.1. The molecule has 0 aliphatic rings. The van der Waals surface area contributed by atoms with Crippen molar-refractivity contribution in [2.45, 2.75) is 52.1 Å². The van der Waals surface area contributed by atoms with E-state index in [1.165, 1.54) is 0 Å². The summed E-state index contributed by atoms with van der Waals surface area (Å²) in [6.07, 6.45) is 6.36. The molecule has 1 atom stereocenters. The molecule has 0 aromatic heterocycles. The molecule has 0 aliphatic carbocycles. The standard InChI is InChI=1S/C12H20O4/c1-3-5-7-10(6-4-2)16-12(15)9-8-11(13)14/h8-10H,3-7H2,1-2H3,(H,13,14)/b9-8+. The summed E-state index contributed by atoms with van der Waals surface area (Å²) in [6.45, 7) is 4.11. The molecule has 4 heteroatoms. The number of aliphatic carboxylic acids is 1. The van der Waals surface area contributed by atoms with Crippen molar-refractivity contribution in [3.63, 3.8) is 0 Å². The van der Waals surface area contributed by atoms with Crippen LogP contribution >= 0.6 is 0 Å². The first-order valence-electron chi connectivity index (χ1n) is 5.71. The van der Waals surface area contributed by atoms with Crippen LogP contribution in [0.5, 0.6) is 0 Å². The second-order valence-electron chi connectivity index (χ2n) is 3.66. The quantitative estimate of drug-likeness (QED) is 0.512. The number of rotatable bonds is 8. The first kappa shape index (κ1) is 14.7. The van der Waals surface area contributed by atoms with Crippen LogP contribution in [0.2, 0.25) is 0 Å². The van der Waals surface area contributed by atoms with Gasteiger partial charge >= 0.3 is 11.9 Å². The van der Waals surface area contributed by atoms with Gasteiger partial charge in [0.2, 0.25) is 0 Å². The first-order chi connectivity index (χ1) is 7.60. The summed E-state index contributed by atoms with van der Waals surface area (Å²) >= 11 is 0. The van der Waals surface area contributed by atoms with Gasteiger partial charge in [-0.25, -0.2) is 9.59 Å². The third kappa shape index (κ3) is 8.03. The van der Waals surface area contributed by atoms with E-state index in [-0.39, 0.29) is 6.10 Å². The Morgan fingerprint density at radius 2 is 1.88 bits per heavy atom. The Morgan fingerprint density at radius 3 is 2.38 bits per heavy atom. The largest absolute Gasteiger partial charge is 0.478 e. The van der Waals surface area contributed by atoms with E-state index in [1.54, 1.807) is 0 Å². The summed E-state index contributed by atoms with van der Waals surface area (Å²) < 4.78 is 5.15. The predicted molar refractivity (Wildman–Crippen MR) is 61.1 cm³/mol. The fraction of sp³-hybridized carbons (Fsp3) is 0.667. The molecule has 0 bridgehead atoms. The molecule has 0 spiro atoms. The minimum Gasteiger partial charge on any atom is -0.478 e. The third-order valence-corrected chi connectivity index (χ3v) is 2.14. The van der Waals surface area contributed by atoms with Crippen LogP contribution in [-0.2, 0) is 14.3 Å². The van der Waals surface area contributed by atoms with Crippen molar-refractivity contribution in [3.8, 4) is 0 Å². The van der Waals surface area contributed by atoms with Gasteiger partial charge in [-0.2, -0.15) is 0 Å². The number of hydrogen-bond donors (Lipinski definition) is 1. The zero-order chi connectivity index (χ0) is 12.4. The summed E-state index contributed by atoms with van der Waals surface area (Å²) in [5.41, 5.74) is 0. The van der Waals surface area contributed by atoms with Gasteiger partial charge < -0.3 is 9.84 Å².